The van der Waals surface area contributed by atoms with Gasteiger partial charge in [0, 0.05) is 11.0 Å². The summed E-state index contributed by atoms with van der Waals surface area (Å²) in [6.45, 7) is -3.07. The van der Waals surface area contributed by atoms with Gasteiger partial charge in [0.1, 0.15) is 0 Å². The smallest absolute Gasteiger partial charge is 0.387 e. The van der Waals surface area contributed by atoms with E-state index in [2.05, 4.69) is 4.74 Å². The van der Waals surface area contributed by atoms with Crippen LogP contribution in [0.15, 0.2) is 23.1 Å². The highest BCUT2D eigenvalue weighted by atomic mass is 32.2. The number of rotatable bonds is 4. The third-order valence-electron chi connectivity index (χ3n) is 1.58. The van der Waals surface area contributed by atoms with Crippen LogP contribution in [0.3, 0.4) is 0 Å². The molecule has 82 valence electrons. The Morgan fingerprint density at radius 1 is 1.53 bits per heavy atom. The fraction of sp³-hybridized carbons (Fsp3) is 0.250. The monoisotopic (exact) mass is 235 g/mol. The normalized spacial score (nSPS) is 10.4. The van der Waals surface area contributed by atoms with Crippen LogP contribution in [0.2, 0.25) is 0 Å². The Hall–Kier alpha value is -1.37. The van der Waals surface area contributed by atoms with Gasteiger partial charge in [0.15, 0.2) is 0 Å². The van der Waals surface area contributed by atoms with E-state index >= 15 is 0 Å². The summed E-state index contributed by atoms with van der Waals surface area (Å²) >= 11 is 1.28. The van der Waals surface area contributed by atoms with Gasteiger partial charge in [-0.2, -0.15) is 8.78 Å². The number of halogens is 2. The van der Waals surface area contributed by atoms with Crippen LogP contribution in [0.1, 0.15) is 0 Å². The lowest BCUT2D eigenvalue weighted by atomic mass is 10.3. The predicted octanol–water partition coefficient (Wildman–Crippen LogP) is 2.92. The van der Waals surface area contributed by atoms with E-state index in [1.807, 2.05) is 0 Å². The number of thioether (sulfide) groups is 1. The highest BCUT2D eigenvalue weighted by molar-refractivity contribution is 7.98. The van der Waals surface area contributed by atoms with Gasteiger partial charge >= 0.3 is 12.3 Å². The molecule has 0 amide bonds. The van der Waals surface area contributed by atoms with Crippen molar-refractivity contribution in [1.82, 2.24) is 0 Å². The first-order valence-corrected chi connectivity index (χ1v) is 5.04. The molecule has 0 unspecified atom stereocenters. The second-order valence-corrected chi connectivity index (χ2v) is 3.35. The summed E-state index contributed by atoms with van der Waals surface area (Å²) in [5, 5.41) is 10.5. The topological polar surface area (TPSA) is 52.4 Å². The van der Waals surface area contributed by atoms with Crippen molar-refractivity contribution in [2.24, 2.45) is 0 Å². The quantitative estimate of drug-likeness (QED) is 0.457. The minimum atomic E-state index is -3.07. The molecule has 0 radical (unpaired) electrons. The number of nitrogens with zero attached hydrogens (tertiary/aromatic N) is 1. The van der Waals surface area contributed by atoms with Crippen LogP contribution in [0.25, 0.3) is 0 Å². The third-order valence-corrected chi connectivity index (χ3v) is 2.30. The number of hydrogen-bond donors (Lipinski definition) is 0. The third kappa shape index (κ3) is 3.05. The van der Waals surface area contributed by atoms with Crippen molar-refractivity contribution < 1.29 is 18.4 Å². The Morgan fingerprint density at radius 3 is 2.67 bits per heavy atom. The molecule has 15 heavy (non-hydrogen) atoms. The summed E-state index contributed by atoms with van der Waals surface area (Å²) in [4.78, 5) is 10.4. The van der Waals surface area contributed by atoms with Gasteiger partial charge in [0.25, 0.3) is 0 Å². The minimum Gasteiger partial charge on any atom is -0.427 e. The Morgan fingerprint density at radius 2 is 2.20 bits per heavy atom. The van der Waals surface area contributed by atoms with Crippen LogP contribution < -0.4 is 4.74 Å². The number of nitro groups is 1. The Bertz CT molecular complexity index is 373. The number of alkyl halides is 2. The summed E-state index contributed by atoms with van der Waals surface area (Å²) < 4.78 is 27.8. The van der Waals surface area contributed by atoms with Gasteiger partial charge in [-0.1, -0.05) is 0 Å². The first-order chi connectivity index (χ1) is 7.04. The average Bonchev–Trinajstić information content (AvgIpc) is 2.17. The summed E-state index contributed by atoms with van der Waals surface area (Å²) in [6.07, 6.45) is 1.73. The Kier molecular flexibility index (Phi) is 3.84. The van der Waals surface area contributed by atoms with E-state index in [0.29, 0.717) is 4.90 Å². The highest BCUT2D eigenvalue weighted by Gasteiger charge is 2.18. The van der Waals surface area contributed by atoms with Gasteiger partial charge in [0.05, 0.1) is 4.92 Å². The Labute approximate surface area is 88.4 Å². The molecule has 4 nitrogen and oxygen atoms in total. The molecule has 1 aromatic carbocycles. The molecule has 1 rings (SSSR count). The lowest BCUT2D eigenvalue weighted by Gasteiger charge is -2.05. The largest absolute Gasteiger partial charge is 0.427 e. The molecule has 0 atom stereocenters. The fourth-order valence-electron chi connectivity index (χ4n) is 0.962. The van der Waals surface area contributed by atoms with E-state index in [-0.39, 0.29) is 0 Å². The van der Waals surface area contributed by atoms with E-state index in [1.165, 1.54) is 23.9 Å². The van der Waals surface area contributed by atoms with E-state index < -0.39 is 23.0 Å². The van der Waals surface area contributed by atoms with Crippen LogP contribution >= 0.6 is 11.8 Å². The van der Waals surface area contributed by atoms with Gasteiger partial charge in [0.2, 0.25) is 5.75 Å². The molecule has 0 bridgehead atoms. The van der Waals surface area contributed by atoms with Crippen molar-refractivity contribution in [1.29, 1.82) is 0 Å². The maximum atomic E-state index is 11.9. The van der Waals surface area contributed by atoms with E-state index in [9.17, 15) is 18.9 Å². The maximum absolute atomic E-state index is 11.9. The van der Waals surface area contributed by atoms with E-state index in [0.717, 1.165) is 6.07 Å². The van der Waals surface area contributed by atoms with Crippen molar-refractivity contribution >= 4 is 17.4 Å². The maximum Gasteiger partial charge on any atom is 0.387 e. The number of hydrogen-bond acceptors (Lipinski definition) is 4. The molecule has 0 saturated carbocycles. The molecular weight excluding hydrogens is 228 g/mol. The SMILES string of the molecule is CSc1ccc(OC(F)F)c([N+](=O)[O-])c1. The second kappa shape index (κ2) is 4.92. The molecule has 0 spiro atoms. The summed E-state index contributed by atoms with van der Waals surface area (Å²) in [7, 11) is 0. The van der Waals surface area contributed by atoms with Crippen LogP contribution in [0.5, 0.6) is 5.75 Å². The average molecular weight is 235 g/mol. The fourth-order valence-corrected chi connectivity index (χ4v) is 1.40. The number of benzene rings is 1. The molecule has 0 heterocycles. The number of nitro benzene ring substituents is 1. The van der Waals surface area contributed by atoms with Crippen molar-refractivity contribution in [3.05, 3.63) is 28.3 Å². The van der Waals surface area contributed by atoms with Gasteiger partial charge in [-0.3, -0.25) is 10.1 Å². The zero-order chi connectivity index (χ0) is 11.4. The zero-order valence-electron chi connectivity index (χ0n) is 7.65. The van der Waals surface area contributed by atoms with Crippen LogP contribution in [0, 0.1) is 10.1 Å². The van der Waals surface area contributed by atoms with Crippen LogP contribution in [-0.4, -0.2) is 17.8 Å². The molecule has 0 N–H and O–H groups in total. The molecule has 0 saturated heterocycles. The van der Waals surface area contributed by atoms with Gasteiger partial charge < -0.3 is 4.74 Å². The summed E-state index contributed by atoms with van der Waals surface area (Å²) in [6, 6.07) is 3.84. The van der Waals surface area contributed by atoms with Gasteiger partial charge in [-0.25, -0.2) is 0 Å². The second-order valence-electron chi connectivity index (χ2n) is 2.47. The summed E-state index contributed by atoms with van der Waals surface area (Å²) in [5.74, 6) is -0.423. The minimum absolute atomic E-state index is 0.423. The lowest BCUT2D eigenvalue weighted by Crippen LogP contribution is -2.04. The van der Waals surface area contributed by atoms with Crippen LogP contribution in [0.4, 0.5) is 14.5 Å². The number of ether oxygens (including phenoxy) is 1. The van der Waals surface area contributed by atoms with Crippen LogP contribution in [-0.2, 0) is 0 Å². The predicted molar refractivity (Wildman–Crippen MR) is 51.5 cm³/mol. The van der Waals surface area contributed by atoms with E-state index in [4.69, 9.17) is 0 Å². The molecule has 1 aromatic rings. The Balaban J connectivity index is 3.09. The zero-order valence-corrected chi connectivity index (χ0v) is 8.46. The van der Waals surface area contributed by atoms with Crippen molar-refractivity contribution in [3.63, 3.8) is 0 Å². The van der Waals surface area contributed by atoms with Gasteiger partial charge in [-0.05, 0) is 18.4 Å². The molecule has 0 aliphatic carbocycles. The van der Waals surface area contributed by atoms with Gasteiger partial charge in [-0.15, -0.1) is 11.8 Å². The molecule has 0 fully saturated rings. The molecule has 7 heteroatoms. The molecule has 0 aromatic heterocycles. The summed E-state index contributed by atoms with van der Waals surface area (Å²) in [5.41, 5.74) is -0.456. The molecular formula is C8H7F2NO3S. The molecule has 0 aliphatic rings. The first-order valence-electron chi connectivity index (χ1n) is 3.82. The van der Waals surface area contributed by atoms with E-state index in [1.54, 1.807) is 6.26 Å². The standard InChI is InChI=1S/C8H7F2NO3S/c1-15-5-2-3-7(14-8(9)10)6(4-5)11(12)13/h2-4,8H,1H3. The van der Waals surface area contributed by atoms with Crippen molar-refractivity contribution in [2.75, 3.05) is 6.26 Å². The highest BCUT2D eigenvalue weighted by Crippen LogP contribution is 2.32. The van der Waals surface area contributed by atoms with Crippen molar-refractivity contribution in [2.45, 2.75) is 11.5 Å². The lowest BCUT2D eigenvalue weighted by molar-refractivity contribution is -0.386. The molecule has 0 aliphatic heterocycles. The van der Waals surface area contributed by atoms with Crippen molar-refractivity contribution in [3.8, 4) is 5.75 Å². The first kappa shape index (κ1) is 11.7.